The topological polar surface area (TPSA) is 36.3 Å². The van der Waals surface area contributed by atoms with Crippen LogP contribution in [0.1, 0.15) is 12.8 Å². The van der Waals surface area contributed by atoms with Crippen LogP contribution < -0.4 is 0 Å². The van der Waals surface area contributed by atoms with Crippen LogP contribution in [0.5, 0.6) is 0 Å². The molecule has 0 aromatic rings. The minimum Gasteiger partial charge on any atom is -0.375 e. The van der Waals surface area contributed by atoms with E-state index < -0.39 is 11.5 Å². The molecule has 78 valence electrons. The molecule has 0 aromatic carbocycles. The highest BCUT2D eigenvalue weighted by atomic mass is 19.3. The Labute approximate surface area is 81.2 Å². The normalized spacial score (nSPS) is 30.4. The van der Waals surface area contributed by atoms with Crippen LogP contribution in [0, 0.1) is 11.3 Å². The van der Waals surface area contributed by atoms with Crippen LogP contribution in [-0.2, 0) is 4.74 Å². The van der Waals surface area contributed by atoms with Crippen LogP contribution in [0.3, 0.4) is 0 Å². The Morgan fingerprint density at radius 1 is 1.21 bits per heavy atom. The second kappa shape index (κ2) is 3.14. The van der Waals surface area contributed by atoms with E-state index in [-0.39, 0.29) is 12.8 Å². The van der Waals surface area contributed by atoms with E-state index in [0.717, 1.165) is 0 Å². The number of nitrogens with zero attached hydrogens (tertiary/aromatic N) is 2. The molecule has 14 heavy (non-hydrogen) atoms. The predicted molar refractivity (Wildman–Crippen MR) is 44.9 cm³/mol. The van der Waals surface area contributed by atoms with Crippen molar-refractivity contribution in [2.75, 3.05) is 26.3 Å². The Hall–Kier alpha value is -0.730. The van der Waals surface area contributed by atoms with Crippen LogP contribution in [0.2, 0.25) is 0 Å². The van der Waals surface area contributed by atoms with Crippen LogP contribution in [0.4, 0.5) is 8.78 Å². The molecule has 2 heterocycles. The average Bonchev–Trinajstić information content (AvgIpc) is 2.06. The minimum absolute atomic E-state index is 0.142. The molecule has 0 unspecified atom stereocenters. The summed E-state index contributed by atoms with van der Waals surface area (Å²) in [6, 6.07) is 2.17. The van der Waals surface area contributed by atoms with E-state index in [1.54, 1.807) is 0 Å². The first-order valence-corrected chi connectivity index (χ1v) is 4.70. The molecule has 0 amide bonds. The van der Waals surface area contributed by atoms with Crippen LogP contribution in [-0.4, -0.2) is 42.7 Å². The molecule has 0 aliphatic carbocycles. The van der Waals surface area contributed by atoms with Gasteiger partial charge in [0.25, 0.3) is 5.92 Å². The molecule has 0 atom stereocenters. The third-order valence-corrected chi connectivity index (χ3v) is 2.99. The van der Waals surface area contributed by atoms with Crippen molar-refractivity contribution in [2.45, 2.75) is 24.3 Å². The van der Waals surface area contributed by atoms with Gasteiger partial charge in [-0.05, 0) is 0 Å². The van der Waals surface area contributed by atoms with Gasteiger partial charge in [0, 0.05) is 25.9 Å². The number of alkyl halides is 2. The Kier molecular flexibility index (Phi) is 2.20. The van der Waals surface area contributed by atoms with E-state index in [9.17, 15) is 8.78 Å². The molecule has 0 bridgehead atoms. The van der Waals surface area contributed by atoms with Crippen molar-refractivity contribution in [3.63, 3.8) is 0 Å². The van der Waals surface area contributed by atoms with E-state index in [1.165, 1.54) is 0 Å². The fraction of sp³-hybridized carbons (Fsp3) is 0.889. The Morgan fingerprint density at radius 2 is 1.79 bits per heavy atom. The minimum atomic E-state index is -2.54. The van der Waals surface area contributed by atoms with Gasteiger partial charge in [0.1, 0.15) is 0 Å². The van der Waals surface area contributed by atoms with E-state index in [2.05, 4.69) is 6.07 Å². The lowest BCUT2D eigenvalue weighted by Gasteiger charge is -2.47. The average molecular weight is 202 g/mol. The van der Waals surface area contributed by atoms with Crippen LogP contribution in [0.15, 0.2) is 0 Å². The molecule has 5 heteroatoms. The molecule has 2 aliphatic heterocycles. The molecule has 0 N–H and O–H groups in total. The van der Waals surface area contributed by atoms with Gasteiger partial charge in [0.2, 0.25) is 0 Å². The highest BCUT2D eigenvalue weighted by Gasteiger charge is 2.48. The number of ether oxygens (including phenoxy) is 1. The van der Waals surface area contributed by atoms with Gasteiger partial charge in [0.15, 0.2) is 5.54 Å². The largest absolute Gasteiger partial charge is 0.375 e. The number of halogens is 2. The highest BCUT2D eigenvalue weighted by Crippen LogP contribution is 2.33. The Balaban J connectivity index is 1.99. The summed E-state index contributed by atoms with van der Waals surface area (Å²) in [6.07, 6.45) is -0.285. The molecule has 0 saturated carbocycles. The van der Waals surface area contributed by atoms with E-state index >= 15 is 0 Å². The number of rotatable bonds is 1. The summed E-state index contributed by atoms with van der Waals surface area (Å²) in [7, 11) is 0. The first kappa shape index (κ1) is 9.81. The second-order valence-corrected chi connectivity index (χ2v) is 3.98. The third kappa shape index (κ3) is 1.49. The number of likely N-dealkylation sites (tertiary alicyclic amines) is 1. The maximum absolute atomic E-state index is 12.9. The van der Waals surface area contributed by atoms with Gasteiger partial charge in [0.05, 0.1) is 19.3 Å². The molecule has 2 saturated heterocycles. The van der Waals surface area contributed by atoms with E-state index in [0.29, 0.717) is 26.3 Å². The van der Waals surface area contributed by atoms with Crippen molar-refractivity contribution in [3.8, 4) is 6.07 Å². The summed E-state index contributed by atoms with van der Waals surface area (Å²) >= 11 is 0. The van der Waals surface area contributed by atoms with Gasteiger partial charge in [-0.25, -0.2) is 8.78 Å². The molecule has 2 aliphatic rings. The molecular formula is C9H12F2N2O. The van der Waals surface area contributed by atoms with Crippen molar-refractivity contribution in [3.05, 3.63) is 0 Å². The summed E-state index contributed by atoms with van der Waals surface area (Å²) in [4.78, 5) is 1.83. The van der Waals surface area contributed by atoms with Crippen molar-refractivity contribution in [2.24, 2.45) is 0 Å². The third-order valence-electron chi connectivity index (χ3n) is 2.99. The van der Waals surface area contributed by atoms with Crippen LogP contribution >= 0.6 is 0 Å². The summed E-state index contributed by atoms with van der Waals surface area (Å²) in [5.74, 6) is -2.54. The standard InChI is InChI=1S/C9H12F2N2O/c10-9(11)1-3-13(4-2-9)8(5-12)6-14-7-8/h1-4,6-7H2. The van der Waals surface area contributed by atoms with E-state index in [4.69, 9.17) is 10.00 Å². The van der Waals surface area contributed by atoms with Crippen molar-refractivity contribution < 1.29 is 13.5 Å². The van der Waals surface area contributed by atoms with Gasteiger partial charge in [-0.15, -0.1) is 0 Å². The number of hydrogen-bond acceptors (Lipinski definition) is 3. The Morgan fingerprint density at radius 3 is 2.14 bits per heavy atom. The fourth-order valence-electron chi connectivity index (χ4n) is 1.88. The zero-order valence-electron chi connectivity index (χ0n) is 7.80. The predicted octanol–water partition coefficient (Wildman–Crippen LogP) is 1.01. The number of piperidine rings is 1. The molecule has 0 spiro atoms. The summed E-state index contributed by atoms with van der Waals surface area (Å²) in [5, 5.41) is 8.96. The first-order valence-electron chi connectivity index (χ1n) is 4.70. The lowest BCUT2D eigenvalue weighted by atomic mass is 9.93. The Bertz CT molecular complexity index is 260. The lowest BCUT2D eigenvalue weighted by Crippen LogP contribution is -2.63. The maximum Gasteiger partial charge on any atom is 0.250 e. The van der Waals surface area contributed by atoms with Gasteiger partial charge in [-0.3, -0.25) is 4.90 Å². The van der Waals surface area contributed by atoms with Crippen LogP contribution in [0.25, 0.3) is 0 Å². The SMILES string of the molecule is N#CC1(N2CCC(F)(F)CC2)COC1. The molecular weight excluding hydrogens is 190 g/mol. The van der Waals surface area contributed by atoms with Gasteiger partial charge in [-0.2, -0.15) is 5.26 Å². The molecule has 0 radical (unpaired) electrons. The summed E-state index contributed by atoms with van der Waals surface area (Å²) in [6.45, 7) is 1.30. The summed E-state index contributed by atoms with van der Waals surface area (Å²) < 4.78 is 30.7. The lowest BCUT2D eigenvalue weighted by molar-refractivity contribution is -0.142. The highest BCUT2D eigenvalue weighted by molar-refractivity contribution is 5.14. The smallest absolute Gasteiger partial charge is 0.250 e. The maximum atomic E-state index is 12.9. The zero-order valence-corrected chi connectivity index (χ0v) is 7.80. The molecule has 3 nitrogen and oxygen atoms in total. The number of hydrogen-bond donors (Lipinski definition) is 0. The van der Waals surface area contributed by atoms with Crippen molar-refractivity contribution >= 4 is 0 Å². The van der Waals surface area contributed by atoms with Gasteiger partial charge in [-0.1, -0.05) is 0 Å². The quantitative estimate of drug-likeness (QED) is 0.636. The second-order valence-electron chi connectivity index (χ2n) is 3.98. The van der Waals surface area contributed by atoms with Gasteiger partial charge < -0.3 is 4.74 Å². The van der Waals surface area contributed by atoms with E-state index in [1.807, 2.05) is 4.90 Å². The number of nitriles is 1. The van der Waals surface area contributed by atoms with Crippen molar-refractivity contribution in [1.82, 2.24) is 4.90 Å². The monoisotopic (exact) mass is 202 g/mol. The van der Waals surface area contributed by atoms with Gasteiger partial charge >= 0.3 is 0 Å². The fourth-order valence-corrected chi connectivity index (χ4v) is 1.88. The van der Waals surface area contributed by atoms with Crippen molar-refractivity contribution in [1.29, 1.82) is 5.26 Å². The molecule has 2 rings (SSSR count). The zero-order chi connectivity index (χ0) is 10.2. The first-order chi connectivity index (χ1) is 6.58. The summed E-state index contributed by atoms with van der Waals surface area (Å²) in [5.41, 5.74) is -0.615. The molecule has 0 aromatic heterocycles. The molecule has 2 fully saturated rings.